The normalized spacial score (nSPS) is 14.4. The zero-order chi connectivity index (χ0) is 21.1. The second kappa shape index (κ2) is 8.37. The largest absolute Gasteiger partial charge is 0.497 e. The van der Waals surface area contributed by atoms with E-state index in [2.05, 4.69) is 20.3 Å². The van der Waals surface area contributed by atoms with E-state index in [0.29, 0.717) is 43.0 Å². The Bertz CT molecular complexity index is 1140. The van der Waals surface area contributed by atoms with E-state index in [4.69, 9.17) is 9.47 Å². The number of methoxy groups -OCH3 is 1. The van der Waals surface area contributed by atoms with Gasteiger partial charge in [0.2, 0.25) is 0 Å². The number of rotatable bonds is 4. The van der Waals surface area contributed by atoms with Crippen LogP contribution < -0.4 is 15.6 Å². The molecule has 4 rings (SSSR count). The Morgan fingerprint density at radius 3 is 2.93 bits per heavy atom. The van der Waals surface area contributed by atoms with Gasteiger partial charge in [0.25, 0.3) is 17.4 Å². The molecule has 10 nitrogen and oxygen atoms in total. The fourth-order valence-electron chi connectivity index (χ4n) is 3.26. The molecule has 0 bridgehead atoms. The number of aromatic amines is 2. The van der Waals surface area contributed by atoms with E-state index >= 15 is 0 Å². The van der Waals surface area contributed by atoms with Crippen LogP contribution >= 0.6 is 0 Å². The second-order valence-electron chi connectivity index (χ2n) is 6.81. The van der Waals surface area contributed by atoms with Gasteiger partial charge in [-0.15, -0.1) is 0 Å². The van der Waals surface area contributed by atoms with Gasteiger partial charge in [0.15, 0.2) is 11.6 Å². The molecule has 1 saturated heterocycles. The number of carbonyl (C=O) groups is 2. The highest BCUT2D eigenvalue weighted by Gasteiger charge is 2.21. The summed E-state index contributed by atoms with van der Waals surface area (Å²) < 4.78 is 10.5. The van der Waals surface area contributed by atoms with Crippen LogP contribution in [0.5, 0.6) is 5.75 Å². The van der Waals surface area contributed by atoms with E-state index in [9.17, 15) is 14.4 Å². The Kier molecular flexibility index (Phi) is 5.48. The summed E-state index contributed by atoms with van der Waals surface area (Å²) in [4.78, 5) is 48.8. The van der Waals surface area contributed by atoms with Crippen molar-refractivity contribution < 1.29 is 19.1 Å². The smallest absolute Gasteiger partial charge is 0.289 e. The lowest BCUT2D eigenvalue weighted by molar-refractivity contribution is 0.0730. The Labute approximate surface area is 171 Å². The molecule has 0 aliphatic carbocycles. The summed E-state index contributed by atoms with van der Waals surface area (Å²) in [6.07, 6.45) is 2.17. The number of imidazole rings is 1. The first-order chi connectivity index (χ1) is 14.5. The first-order valence-electron chi connectivity index (χ1n) is 9.50. The number of carbonyl (C=O) groups excluding carboxylic acids is 2. The molecule has 0 atom stereocenters. The number of ether oxygens (including phenoxy) is 2. The van der Waals surface area contributed by atoms with Crippen molar-refractivity contribution >= 4 is 28.5 Å². The van der Waals surface area contributed by atoms with Crippen molar-refractivity contribution in [3.63, 3.8) is 0 Å². The molecule has 0 radical (unpaired) electrons. The maximum atomic E-state index is 12.6. The van der Waals surface area contributed by atoms with Crippen molar-refractivity contribution in [3.8, 4) is 5.75 Å². The number of benzene rings is 1. The molecule has 0 spiro atoms. The van der Waals surface area contributed by atoms with Crippen LogP contribution in [-0.4, -0.2) is 65.1 Å². The number of aromatic nitrogens is 3. The third-order valence-electron chi connectivity index (χ3n) is 4.83. The predicted molar refractivity (Wildman–Crippen MR) is 109 cm³/mol. The zero-order valence-electron chi connectivity index (χ0n) is 16.4. The van der Waals surface area contributed by atoms with Gasteiger partial charge in [0, 0.05) is 36.8 Å². The molecule has 1 fully saturated rings. The highest BCUT2D eigenvalue weighted by atomic mass is 16.5. The van der Waals surface area contributed by atoms with E-state index in [1.165, 1.54) is 19.4 Å². The molecule has 3 N–H and O–H groups in total. The highest BCUT2D eigenvalue weighted by Crippen LogP contribution is 2.19. The molecule has 3 heterocycles. The van der Waals surface area contributed by atoms with Gasteiger partial charge < -0.3 is 29.7 Å². The van der Waals surface area contributed by atoms with Crippen LogP contribution in [0.15, 0.2) is 35.3 Å². The van der Waals surface area contributed by atoms with Crippen molar-refractivity contribution in [3.05, 3.63) is 52.2 Å². The lowest BCUT2D eigenvalue weighted by atomic mass is 10.1. The molecule has 156 valence electrons. The molecule has 3 aromatic rings. The average Bonchev–Trinajstić information content (AvgIpc) is 3.04. The van der Waals surface area contributed by atoms with Crippen LogP contribution in [0.2, 0.25) is 0 Å². The van der Waals surface area contributed by atoms with Gasteiger partial charge in [0.05, 0.1) is 13.7 Å². The molecule has 30 heavy (non-hydrogen) atoms. The molecular weight excluding hydrogens is 390 g/mol. The molecular formula is C20H21N5O5. The fourth-order valence-corrected chi connectivity index (χ4v) is 3.26. The molecule has 2 amide bonds. The predicted octanol–water partition coefficient (Wildman–Crippen LogP) is 1.37. The minimum absolute atomic E-state index is 0.0729. The minimum Gasteiger partial charge on any atom is -0.497 e. The number of anilines is 1. The van der Waals surface area contributed by atoms with Crippen molar-refractivity contribution in [1.82, 2.24) is 19.9 Å². The number of hydrogen-bond acceptors (Lipinski definition) is 6. The quantitative estimate of drug-likeness (QED) is 0.595. The molecule has 2 aromatic heterocycles. The minimum atomic E-state index is -0.630. The van der Waals surface area contributed by atoms with Crippen LogP contribution in [0.1, 0.15) is 27.4 Å². The van der Waals surface area contributed by atoms with Crippen LogP contribution in [-0.2, 0) is 4.74 Å². The average molecular weight is 411 g/mol. The third-order valence-corrected chi connectivity index (χ3v) is 4.83. The Balaban J connectivity index is 1.52. The maximum absolute atomic E-state index is 12.6. The standard InChI is InChI=1S/C20H21N5O5/c1-29-13-3-4-15-12(9-13)10-14(18(26)22-15)19(27)24-16-11-21-17(23-16)20(28)25-5-2-7-30-8-6-25/h3-4,9-11H,2,5-8H2,1H3,(H,21,23)(H,22,26)(H,24,27). The van der Waals surface area contributed by atoms with E-state index in [0.717, 1.165) is 6.42 Å². The van der Waals surface area contributed by atoms with Crippen LogP contribution in [0.3, 0.4) is 0 Å². The molecule has 1 aliphatic rings. The third kappa shape index (κ3) is 4.03. The van der Waals surface area contributed by atoms with Gasteiger partial charge in [0.1, 0.15) is 11.3 Å². The SMILES string of the molecule is COc1ccc2[nH]c(=O)c(C(=O)Nc3c[nH]c(C(=O)N4CCCOCC4)n3)cc2c1. The highest BCUT2D eigenvalue weighted by molar-refractivity contribution is 6.05. The number of nitrogens with one attached hydrogen (secondary N) is 3. The molecule has 1 aromatic carbocycles. The topological polar surface area (TPSA) is 129 Å². The van der Waals surface area contributed by atoms with Crippen LogP contribution in [0.4, 0.5) is 5.82 Å². The number of nitrogens with zero attached hydrogens (tertiary/aromatic N) is 2. The van der Waals surface area contributed by atoms with Gasteiger partial charge in [-0.1, -0.05) is 0 Å². The lowest BCUT2D eigenvalue weighted by Crippen LogP contribution is -2.33. The number of fused-ring (bicyclic) bond motifs is 1. The second-order valence-corrected chi connectivity index (χ2v) is 6.81. The summed E-state index contributed by atoms with van der Waals surface area (Å²) in [5, 5.41) is 3.21. The number of hydrogen-bond donors (Lipinski definition) is 3. The Morgan fingerprint density at radius 2 is 2.10 bits per heavy atom. The molecule has 10 heteroatoms. The van der Waals surface area contributed by atoms with Crippen LogP contribution in [0.25, 0.3) is 10.9 Å². The molecule has 0 saturated carbocycles. The first-order valence-corrected chi connectivity index (χ1v) is 9.50. The van der Waals surface area contributed by atoms with Gasteiger partial charge in [-0.05, 0) is 30.7 Å². The number of amides is 2. The summed E-state index contributed by atoms with van der Waals surface area (Å²) >= 11 is 0. The van der Waals surface area contributed by atoms with Crippen molar-refractivity contribution in [2.24, 2.45) is 0 Å². The van der Waals surface area contributed by atoms with E-state index < -0.39 is 11.5 Å². The van der Waals surface area contributed by atoms with Crippen LogP contribution in [0, 0.1) is 0 Å². The Morgan fingerprint density at radius 1 is 1.23 bits per heavy atom. The maximum Gasteiger partial charge on any atom is 0.289 e. The van der Waals surface area contributed by atoms with Gasteiger partial charge in [-0.3, -0.25) is 14.4 Å². The van der Waals surface area contributed by atoms with Gasteiger partial charge >= 0.3 is 0 Å². The molecule has 0 unspecified atom stereocenters. The summed E-state index contributed by atoms with van der Waals surface area (Å²) in [5.74, 6) is -0.0227. The fraction of sp³-hybridized carbons (Fsp3) is 0.300. The summed E-state index contributed by atoms with van der Waals surface area (Å²) in [7, 11) is 1.54. The van der Waals surface area contributed by atoms with E-state index in [-0.39, 0.29) is 23.1 Å². The molecule has 1 aliphatic heterocycles. The van der Waals surface area contributed by atoms with Gasteiger partial charge in [-0.25, -0.2) is 4.98 Å². The zero-order valence-corrected chi connectivity index (χ0v) is 16.4. The van der Waals surface area contributed by atoms with E-state index in [1.807, 2.05) is 0 Å². The summed E-state index contributed by atoms with van der Waals surface area (Å²) in [5.41, 5.74) is -0.00991. The lowest BCUT2D eigenvalue weighted by Gasteiger charge is -2.17. The summed E-state index contributed by atoms with van der Waals surface area (Å²) in [6.45, 7) is 2.16. The van der Waals surface area contributed by atoms with Crippen molar-refractivity contribution in [2.45, 2.75) is 6.42 Å². The number of H-pyrrole nitrogens is 2. The summed E-state index contributed by atoms with van der Waals surface area (Å²) in [6, 6.07) is 6.63. The monoisotopic (exact) mass is 411 g/mol. The van der Waals surface area contributed by atoms with Crippen molar-refractivity contribution in [1.29, 1.82) is 0 Å². The van der Waals surface area contributed by atoms with Crippen molar-refractivity contribution in [2.75, 3.05) is 38.7 Å². The Hall–Kier alpha value is -3.66. The van der Waals surface area contributed by atoms with E-state index in [1.54, 1.807) is 23.1 Å². The van der Waals surface area contributed by atoms with Gasteiger partial charge in [-0.2, -0.15) is 0 Å². The first kappa shape index (κ1) is 19.6. The number of pyridine rings is 1.